The van der Waals surface area contributed by atoms with Crippen molar-refractivity contribution in [2.45, 2.75) is 11.8 Å². The van der Waals surface area contributed by atoms with Crippen LogP contribution in [0.2, 0.25) is 0 Å². The van der Waals surface area contributed by atoms with Crippen LogP contribution in [0.4, 0.5) is 20.2 Å². The predicted octanol–water partition coefficient (Wildman–Crippen LogP) is 4.37. The summed E-state index contributed by atoms with van der Waals surface area (Å²) in [6.07, 6.45) is 1.90. The Balaban J connectivity index is 2.49. The molecule has 2 aromatic carbocycles. The molecule has 0 atom stereocenters. The van der Waals surface area contributed by atoms with E-state index >= 15 is 0 Å². The molecule has 0 amide bonds. The summed E-state index contributed by atoms with van der Waals surface area (Å²) in [5.74, 6) is -1.01. The van der Waals surface area contributed by atoms with Gasteiger partial charge in [0.25, 0.3) is 0 Å². The lowest BCUT2D eigenvalue weighted by molar-refractivity contribution is 0.595. The van der Waals surface area contributed by atoms with E-state index < -0.39 is 11.6 Å². The number of halogens is 2. The third kappa shape index (κ3) is 3.33. The van der Waals surface area contributed by atoms with Crippen molar-refractivity contribution in [1.82, 2.24) is 0 Å². The van der Waals surface area contributed by atoms with Gasteiger partial charge >= 0.3 is 0 Å². The van der Waals surface area contributed by atoms with E-state index in [0.717, 1.165) is 17.0 Å². The normalized spacial score (nSPS) is 10.5. The Hall–Kier alpha value is -1.66. The Morgan fingerprint density at radius 3 is 2.52 bits per heavy atom. The van der Waals surface area contributed by atoms with Crippen LogP contribution in [0.1, 0.15) is 11.1 Å². The van der Waals surface area contributed by atoms with E-state index in [2.05, 4.69) is 5.32 Å². The summed E-state index contributed by atoms with van der Waals surface area (Å²) in [5.41, 5.74) is 7.23. The summed E-state index contributed by atoms with van der Waals surface area (Å²) < 4.78 is 27.5. The number of benzene rings is 2. The zero-order valence-electron chi connectivity index (χ0n) is 11.5. The molecule has 0 saturated heterocycles. The molecule has 0 heterocycles. The second kappa shape index (κ2) is 6.41. The molecule has 6 heteroatoms. The summed E-state index contributed by atoms with van der Waals surface area (Å²) in [6.45, 7) is 1.51. The molecule has 0 bridgehead atoms. The third-order valence-corrected chi connectivity index (χ3v) is 3.99. The molecule has 0 fully saturated rings. The molecule has 2 nitrogen and oxygen atoms in total. The maximum atomic E-state index is 13.9. The van der Waals surface area contributed by atoms with Gasteiger partial charge < -0.3 is 11.1 Å². The van der Waals surface area contributed by atoms with E-state index in [0.29, 0.717) is 11.3 Å². The van der Waals surface area contributed by atoms with Gasteiger partial charge in [0.15, 0.2) is 0 Å². The van der Waals surface area contributed by atoms with Gasteiger partial charge in [0.2, 0.25) is 0 Å². The van der Waals surface area contributed by atoms with Crippen molar-refractivity contribution in [2.75, 3.05) is 11.6 Å². The Morgan fingerprint density at radius 1 is 1.19 bits per heavy atom. The van der Waals surface area contributed by atoms with Crippen LogP contribution in [-0.4, -0.2) is 11.2 Å². The van der Waals surface area contributed by atoms with Gasteiger partial charge in [-0.1, -0.05) is 18.3 Å². The molecule has 2 rings (SSSR count). The topological polar surface area (TPSA) is 38.0 Å². The second-order valence-electron chi connectivity index (χ2n) is 4.45. The van der Waals surface area contributed by atoms with Gasteiger partial charge in [0.1, 0.15) is 16.6 Å². The largest absolute Gasteiger partial charge is 0.389 e. The SMILES string of the molecule is CSc1cccc(Nc2cc(F)c(C)cc2F)c1C(N)=S. The number of thiocarbonyl (C=S) groups is 1. The molecule has 2 aromatic rings. The highest BCUT2D eigenvalue weighted by Gasteiger charge is 2.13. The number of nitrogens with one attached hydrogen (secondary N) is 1. The summed E-state index contributed by atoms with van der Waals surface area (Å²) in [4.78, 5) is 1.08. The van der Waals surface area contributed by atoms with Crippen LogP contribution in [-0.2, 0) is 0 Å². The molecule has 0 unspecified atom stereocenters. The van der Waals surface area contributed by atoms with Crippen molar-refractivity contribution in [3.05, 3.63) is 53.1 Å². The van der Waals surface area contributed by atoms with Crippen molar-refractivity contribution >= 4 is 40.3 Å². The standard InChI is InChI=1S/C15H14F2N2S2/c1-8-6-10(17)12(7-9(8)16)19-11-4-3-5-13(21-2)14(11)15(18)20/h3-7,19H,1-2H3,(H2,18,20). The summed E-state index contributed by atoms with van der Waals surface area (Å²) in [6, 6.07) is 7.68. The minimum atomic E-state index is -0.530. The van der Waals surface area contributed by atoms with E-state index in [9.17, 15) is 8.78 Å². The van der Waals surface area contributed by atoms with Gasteiger partial charge in [-0.05, 0) is 36.9 Å². The first-order valence-corrected chi connectivity index (χ1v) is 7.76. The minimum absolute atomic E-state index is 0.0499. The number of hydrogen-bond donors (Lipinski definition) is 2. The smallest absolute Gasteiger partial charge is 0.147 e. The number of hydrogen-bond acceptors (Lipinski definition) is 3. The minimum Gasteiger partial charge on any atom is -0.389 e. The number of anilines is 2. The number of thioether (sulfide) groups is 1. The van der Waals surface area contributed by atoms with E-state index in [4.69, 9.17) is 18.0 Å². The number of aryl methyl sites for hydroxylation is 1. The van der Waals surface area contributed by atoms with Crippen LogP contribution >= 0.6 is 24.0 Å². The molecule has 0 spiro atoms. The van der Waals surface area contributed by atoms with Crippen LogP contribution in [0, 0.1) is 18.6 Å². The number of nitrogens with two attached hydrogens (primary N) is 1. The average Bonchev–Trinajstić information content (AvgIpc) is 2.44. The first kappa shape index (κ1) is 15.7. The second-order valence-corrected chi connectivity index (χ2v) is 5.74. The Kier molecular flexibility index (Phi) is 4.80. The molecule has 110 valence electrons. The van der Waals surface area contributed by atoms with Crippen LogP contribution in [0.5, 0.6) is 0 Å². The highest BCUT2D eigenvalue weighted by atomic mass is 32.2. The van der Waals surface area contributed by atoms with E-state index in [1.165, 1.54) is 18.7 Å². The van der Waals surface area contributed by atoms with Crippen molar-refractivity contribution in [2.24, 2.45) is 5.73 Å². The van der Waals surface area contributed by atoms with Crippen molar-refractivity contribution in [3.63, 3.8) is 0 Å². The summed E-state index contributed by atoms with van der Waals surface area (Å²) >= 11 is 6.54. The van der Waals surface area contributed by atoms with Crippen LogP contribution in [0.3, 0.4) is 0 Å². The molecule has 0 saturated carbocycles. The molecule has 0 radical (unpaired) electrons. The van der Waals surface area contributed by atoms with E-state index in [1.54, 1.807) is 12.1 Å². The van der Waals surface area contributed by atoms with Gasteiger partial charge in [-0.15, -0.1) is 11.8 Å². The maximum Gasteiger partial charge on any atom is 0.147 e. The lowest BCUT2D eigenvalue weighted by Gasteiger charge is -2.15. The molecule has 0 aliphatic rings. The van der Waals surface area contributed by atoms with Crippen LogP contribution in [0.15, 0.2) is 35.2 Å². The molecule has 0 aliphatic carbocycles. The third-order valence-electron chi connectivity index (χ3n) is 3.01. The zero-order valence-corrected chi connectivity index (χ0v) is 13.2. The Labute approximate surface area is 131 Å². The highest BCUT2D eigenvalue weighted by molar-refractivity contribution is 7.98. The fourth-order valence-corrected chi connectivity index (χ4v) is 2.87. The molecule has 3 N–H and O–H groups in total. The molecule has 21 heavy (non-hydrogen) atoms. The van der Waals surface area contributed by atoms with Crippen LogP contribution in [0.25, 0.3) is 0 Å². The van der Waals surface area contributed by atoms with Crippen molar-refractivity contribution < 1.29 is 8.78 Å². The predicted molar refractivity (Wildman–Crippen MR) is 88.5 cm³/mol. The van der Waals surface area contributed by atoms with Crippen molar-refractivity contribution in [1.29, 1.82) is 0 Å². The van der Waals surface area contributed by atoms with E-state index in [-0.39, 0.29) is 16.2 Å². The summed E-state index contributed by atoms with van der Waals surface area (Å²) in [5, 5.41) is 2.87. The van der Waals surface area contributed by atoms with E-state index in [1.807, 2.05) is 12.3 Å². The van der Waals surface area contributed by atoms with Gasteiger partial charge in [-0.2, -0.15) is 0 Å². The van der Waals surface area contributed by atoms with Gasteiger partial charge in [-0.25, -0.2) is 8.78 Å². The first-order chi connectivity index (χ1) is 9.93. The van der Waals surface area contributed by atoms with Crippen molar-refractivity contribution in [3.8, 4) is 0 Å². The Morgan fingerprint density at radius 2 is 1.90 bits per heavy atom. The molecule has 0 aromatic heterocycles. The Bertz CT molecular complexity index is 702. The fraction of sp³-hybridized carbons (Fsp3) is 0.133. The average molecular weight is 324 g/mol. The lowest BCUT2D eigenvalue weighted by Crippen LogP contribution is -2.13. The number of rotatable bonds is 4. The van der Waals surface area contributed by atoms with Gasteiger partial charge in [-0.3, -0.25) is 0 Å². The maximum absolute atomic E-state index is 13.9. The summed E-state index contributed by atoms with van der Waals surface area (Å²) in [7, 11) is 0. The molecule has 0 aliphatic heterocycles. The van der Waals surface area contributed by atoms with Gasteiger partial charge in [0.05, 0.1) is 5.69 Å². The highest BCUT2D eigenvalue weighted by Crippen LogP contribution is 2.30. The fourth-order valence-electron chi connectivity index (χ4n) is 1.95. The monoisotopic (exact) mass is 324 g/mol. The quantitative estimate of drug-likeness (QED) is 0.647. The zero-order chi connectivity index (χ0) is 15.6. The van der Waals surface area contributed by atoms with Crippen LogP contribution < -0.4 is 11.1 Å². The van der Waals surface area contributed by atoms with Gasteiger partial charge in [0, 0.05) is 22.2 Å². The molecular weight excluding hydrogens is 310 g/mol. The lowest BCUT2D eigenvalue weighted by atomic mass is 10.1. The first-order valence-electron chi connectivity index (χ1n) is 6.13. The molecular formula is C15H14F2N2S2.